The van der Waals surface area contributed by atoms with Crippen molar-refractivity contribution in [1.82, 2.24) is 9.34 Å². The van der Waals surface area contributed by atoms with E-state index in [-0.39, 0.29) is 0 Å². The minimum Gasteiger partial charge on any atom is -0.422 e. The smallest absolute Gasteiger partial charge is 0.396 e. The molecule has 3 rings (SSSR count). The van der Waals surface area contributed by atoms with Gasteiger partial charge in [-0.1, -0.05) is 11.6 Å². The van der Waals surface area contributed by atoms with Crippen LogP contribution in [0.15, 0.2) is 24.3 Å². The van der Waals surface area contributed by atoms with Gasteiger partial charge in [0.25, 0.3) is 0 Å². The van der Waals surface area contributed by atoms with Gasteiger partial charge in [0.15, 0.2) is 0 Å². The van der Waals surface area contributed by atoms with E-state index >= 15 is 0 Å². The van der Waals surface area contributed by atoms with Crippen LogP contribution in [0.25, 0.3) is 0 Å². The molecular weight excluding hydrogens is 271 g/mol. The molecule has 4 unspecified atom stereocenters. The first-order valence-corrected chi connectivity index (χ1v) is 8.01. The van der Waals surface area contributed by atoms with Gasteiger partial charge in [0, 0.05) is 30.2 Å². The Hall–Kier alpha value is -0.540. The van der Waals surface area contributed by atoms with Crippen LogP contribution in [0.4, 0.5) is 0 Å². The second-order valence-corrected chi connectivity index (χ2v) is 7.61. The zero-order valence-electron chi connectivity index (χ0n) is 10.4. The van der Waals surface area contributed by atoms with E-state index < -0.39 is 7.67 Å². The van der Waals surface area contributed by atoms with Gasteiger partial charge in [-0.2, -0.15) is 0 Å². The molecule has 0 bridgehead atoms. The van der Waals surface area contributed by atoms with Crippen molar-refractivity contribution in [2.24, 2.45) is 0 Å². The average molecular weight is 287 g/mol. The molecule has 0 saturated carbocycles. The SMILES string of the molecule is CC1CN1P(=O)(Oc1ccc(Cl)cc1)N1CC1C. The zero-order valence-corrected chi connectivity index (χ0v) is 12.1. The molecule has 2 fully saturated rings. The first kappa shape index (κ1) is 12.5. The number of benzene rings is 1. The topological polar surface area (TPSA) is 32.3 Å². The van der Waals surface area contributed by atoms with E-state index in [1.165, 1.54) is 0 Å². The third kappa shape index (κ3) is 2.19. The maximum absolute atomic E-state index is 13.0. The molecule has 1 aromatic rings. The summed E-state index contributed by atoms with van der Waals surface area (Å²) in [5, 5.41) is 0.650. The van der Waals surface area contributed by atoms with Crippen LogP contribution in [0.2, 0.25) is 5.02 Å². The predicted molar refractivity (Wildman–Crippen MR) is 72.0 cm³/mol. The second-order valence-electron chi connectivity index (χ2n) is 4.98. The van der Waals surface area contributed by atoms with Crippen molar-refractivity contribution in [3.05, 3.63) is 29.3 Å². The Morgan fingerprint density at radius 1 is 1.17 bits per heavy atom. The normalized spacial score (nSPS) is 36.8. The van der Waals surface area contributed by atoms with Gasteiger partial charge in [-0.25, -0.2) is 13.9 Å². The molecule has 18 heavy (non-hydrogen) atoms. The molecule has 4 nitrogen and oxygen atoms in total. The molecule has 6 heteroatoms. The highest BCUT2D eigenvalue weighted by Gasteiger charge is 2.57. The van der Waals surface area contributed by atoms with Crippen molar-refractivity contribution in [2.45, 2.75) is 25.9 Å². The van der Waals surface area contributed by atoms with Gasteiger partial charge in [0.1, 0.15) is 5.75 Å². The van der Waals surface area contributed by atoms with Gasteiger partial charge in [-0.15, -0.1) is 0 Å². The number of halogens is 1. The summed E-state index contributed by atoms with van der Waals surface area (Å²) in [6, 6.07) is 7.71. The summed E-state index contributed by atoms with van der Waals surface area (Å²) in [6.07, 6.45) is 0. The largest absolute Gasteiger partial charge is 0.422 e. The summed E-state index contributed by atoms with van der Waals surface area (Å²) in [7, 11) is -2.87. The predicted octanol–water partition coefficient (Wildman–Crippen LogP) is 3.24. The van der Waals surface area contributed by atoms with Crippen molar-refractivity contribution in [1.29, 1.82) is 0 Å². The highest BCUT2D eigenvalue weighted by Crippen LogP contribution is 2.64. The van der Waals surface area contributed by atoms with Crippen LogP contribution >= 0.6 is 19.3 Å². The lowest BCUT2D eigenvalue weighted by Crippen LogP contribution is -2.13. The van der Waals surface area contributed by atoms with Crippen LogP contribution in [-0.2, 0) is 4.57 Å². The lowest BCUT2D eigenvalue weighted by atomic mass is 10.3. The van der Waals surface area contributed by atoms with Crippen LogP contribution in [0.3, 0.4) is 0 Å². The van der Waals surface area contributed by atoms with Crippen molar-refractivity contribution in [3.8, 4) is 5.75 Å². The van der Waals surface area contributed by atoms with Gasteiger partial charge < -0.3 is 4.52 Å². The van der Waals surface area contributed by atoms with Crippen molar-refractivity contribution >= 4 is 19.3 Å². The average Bonchev–Trinajstić information content (AvgIpc) is 3.21. The third-order valence-electron chi connectivity index (χ3n) is 3.34. The van der Waals surface area contributed by atoms with E-state index in [0.717, 1.165) is 13.1 Å². The lowest BCUT2D eigenvalue weighted by Gasteiger charge is -2.21. The molecule has 2 heterocycles. The van der Waals surface area contributed by atoms with E-state index in [2.05, 4.69) is 13.8 Å². The van der Waals surface area contributed by atoms with Gasteiger partial charge >= 0.3 is 7.67 Å². The minimum atomic E-state index is -2.87. The van der Waals surface area contributed by atoms with Crippen LogP contribution in [-0.4, -0.2) is 34.5 Å². The molecule has 2 aliphatic rings. The van der Waals surface area contributed by atoms with Crippen molar-refractivity contribution < 1.29 is 9.09 Å². The Bertz CT molecular complexity index is 487. The first-order valence-electron chi connectivity index (χ1n) is 6.10. The molecule has 0 spiro atoms. The minimum absolute atomic E-state index is 0.343. The quantitative estimate of drug-likeness (QED) is 0.628. The monoisotopic (exact) mass is 286 g/mol. The summed E-state index contributed by atoms with van der Waals surface area (Å²) < 4.78 is 22.7. The Balaban J connectivity index is 1.82. The Kier molecular flexibility index (Phi) is 2.94. The second kappa shape index (κ2) is 4.24. The molecular formula is C12H16ClN2O2P. The highest BCUT2D eigenvalue weighted by molar-refractivity contribution is 7.55. The van der Waals surface area contributed by atoms with E-state index in [1.54, 1.807) is 24.3 Å². The Morgan fingerprint density at radius 2 is 1.61 bits per heavy atom. The molecule has 2 aliphatic heterocycles. The fraction of sp³-hybridized carbons (Fsp3) is 0.500. The maximum atomic E-state index is 13.0. The molecule has 0 aliphatic carbocycles. The number of hydrogen-bond acceptors (Lipinski definition) is 2. The fourth-order valence-electron chi connectivity index (χ4n) is 2.04. The van der Waals surface area contributed by atoms with E-state index in [0.29, 0.717) is 22.9 Å². The molecule has 0 amide bonds. The third-order valence-corrected chi connectivity index (χ3v) is 6.45. The number of rotatable bonds is 4. The molecule has 0 radical (unpaired) electrons. The van der Waals surface area contributed by atoms with Crippen molar-refractivity contribution in [2.75, 3.05) is 13.1 Å². The van der Waals surface area contributed by atoms with Gasteiger partial charge in [-0.3, -0.25) is 0 Å². The molecule has 0 N–H and O–H groups in total. The molecule has 1 aromatic carbocycles. The zero-order chi connectivity index (χ0) is 12.9. The van der Waals surface area contributed by atoms with E-state index in [9.17, 15) is 4.57 Å². The molecule has 0 aromatic heterocycles. The summed E-state index contributed by atoms with van der Waals surface area (Å²) in [5.74, 6) is 0.612. The Labute approximate surface area is 112 Å². The highest BCUT2D eigenvalue weighted by atomic mass is 35.5. The lowest BCUT2D eigenvalue weighted by molar-refractivity contribution is 0.400. The van der Waals surface area contributed by atoms with Crippen LogP contribution < -0.4 is 4.52 Å². The molecule has 98 valence electrons. The Morgan fingerprint density at radius 3 is 2.00 bits per heavy atom. The molecule has 4 atom stereocenters. The van der Waals surface area contributed by atoms with E-state index in [4.69, 9.17) is 16.1 Å². The summed E-state index contributed by atoms with van der Waals surface area (Å²) in [4.78, 5) is 0. The van der Waals surface area contributed by atoms with Crippen LogP contribution in [0.1, 0.15) is 13.8 Å². The summed E-state index contributed by atoms with van der Waals surface area (Å²) in [6.45, 7) is 5.81. The fourth-order valence-corrected chi connectivity index (χ4v) is 4.95. The van der Waals surface area contributed by atoms with Gasteiger partial charge in [0.2, 0.25) is 0 Å². The van der Waals surface area contributed by atoms with Crippen LogP contribution in [0, 0.1) is 0 Å². The van der Waals surface area contributed by atoms with E-state index in [1.807, 2.05) is 9.34 Å². The van der Waals surface area contributed by atoms with Gasteiger partial charge in [-0.05, 0) is 38.1 Å². The summed E-state index contributed by atoms with van der Waals surface area (Å²) in [5.41, 5.74) is 0. The van der Waals surface area contributed by atoms with Crippen molar-refractivity contribution in [3.63, 3.8) is 0 Å². The molecule has 2 saturated heterocycles. The summed E-state index contributed by atoms with van der Waals surface area (Å²) >= 11 is 5.83. The van der Waals surface area contributed by atoms with Gasteiger partial charge in [0.05, 0.1) is 0 Å². The standard InChI is InChI=1S/C12H16ClN2O2P/c1-9-7-14(9)18(16,15-8-10(15)2)17-12-5-3-11(13)4-6-12/h3-6,9-10H,7-8H2,1-2H3. The maximum Gasteiger partial charge on any atom is 0.396 e. The first-order chi connectivity index (χ1) is 8.50. The van der Waals surface area contributed by atoms with Crippen LogP contribution in [0.5, 0.6) is 5.75 Å². The number of nitrogens with zero attached hydrogens (tertiary/aromatic N) is 2. The number of hydrogen-bond donors (Lipinski definition) is 0.